The fourth-order valence-electron chi connectivity index (χ4n) is 1.29. The molecule has 0 aliphatic rings. The summed E-state index contributed by atoms with van der Waals surface area (Å²) in [5.74, 6) is 0.321. The van der Waals surface area contributed by atoms with Gasteiger partial charge in [-0.2, -0.15) is 0 Å². The molecule has 0 spiro atoms. The van der Waals surface area contributed by atoms with Gasteiger partial charge in [0.15, 0.2) is 0 Å². The number of carbonyl (C=O) groups is 1. The minimum absolute atomic E-state index is 0.403. The number of aryl methyl sites for hydroxylation is 1. The number of hydrogen-bond donors (Lipinski definition) is 1. The maximum atomic E-state index is 10.9. The van der Waals surface area contributed by atoms with E-state index in [0.717, 1.165) is 31.4 Å². The van der Waals surface area contributed by atoms with E-state index in [-0.39, 0.29) is 0 Å². The second-order valence-electron chi connectivity index (χ2n) is 3.08. The summed E-state index contributed by atoms with van der Waals surface area (Å²) in [4.78, 5) is 10.9. The van der Waals surface area contributed by atoms with Crippen LogP contribution in [0.3, 0.4) is 0 Å². The van der Waals surface area contributed by atoms with Crippen LogP contribution in [-0.4, -0.2) is 5.91 Å². The van der Waals surface area contributed by atoms with Crippen molar-refractivity contribution in [3.63, 3.8) is 0 Å². The Balaban J connectivity index is 2.55. The predicted molar refractivity (Wildman–Crippen MR) is 50.5 cm³/mol. The number of hydrogen-bond acceptors (Lipinski definition) is 2. The van der Waals surface area contributed by atoms with Crippen molar-refractivity contribution in [1.29, 1.82) is 0 Å². The maximum Gasteiger partial charge on any atom is 0.252 e. The Morgan fingerprint density at radius 1 is 1.54 bits per heavy atom. The summed E-state index contributed by atoms with van der Waals surface area (Å²) in [5.41, 5.74) is 5.69. The molecule has 1 aromatic heterocycles. The molecule has 0 aromatic carbocycles. The van der Waals surface area contributed by atoms with Crippen molar-refractivity contribution >= 4 is 5.91 Å². The Bertz CT molecular complexity index is 278. The minimum atomic E-state index is -0.403. The highest BCUT2D eigenvalue weighted by Gasteiger charge is 2.10. The predicted octanol–water partition coefficient (Wildman–Crippen LogP) is 2.11. The third-order valence-corrected chi connectivity index (χ3v) is 2.02. The largest absolute Gasteiger partial charge is 0.469 e. The van der Waals surface area contributed by atoms with Gasteiger partial charge in [0.25, 0.3) is 5.91 Å². The molecule has 0 saturated heterocycles. The second kappa shape index (κ2) is 4.70. The van der Waals surface area contributed by atoms with Gasteiger partial charge < -0.3 is 10.2 Å². The van der Waals surface area contributed by atoms with Crippen molar-refractivity contribution in [2.45, 2.75) is 32.6 Å². The fraction of sp³-hybridized carbons (Fsp3) is 0.500. The van der Waals surface area contributed by atoms with Crippen LogP contribution in [0.15, 0.2) is 16.7 Å². The highest BCUT2D eigenvalue weighted by Crippen LogP contribution is 2.13. The quantitative estimate of drug-likeness (QED) is 0.707. The van der Waals surface area contributed by atoms with Crippen LogP contribution in [0.25, 0.3) is 0 Å². The summed E-state index contributed by atoms with van der Waals surface area (Å²) >= 11 is 0. The van der Waals surface area contributed by atoms with Crippen LogP contribution in [0.5, 0.6) is 0 Å². The number of carbonyl (C=O) groups excluding carboxylic acids is 1. The number of furan rings is 1. The Morgan fingerprint density at radius 3 is 2.92 bits per heavy atom. The van der Waals surface area contributed by atoms with E-state index in [1.807, 2.05) is 0 Å². The second-order valence-corrected chi connectivity index (χ2v) is 3.08. The number of primary amides is 1. The van der Waals surface area contributed by atoms with E-state index in [2.05, 4.69) is 6.92 Å². The minimum Gasteiger partial charge on any atom is -0.469 e. The molecule has 0 saturated carbocycles. The van der Waals surface area contributed by atoms with Crippen molar-refractivity contribution in [2.24, 2.45) is 5.73 Å². The SMILES string of the molecule is CCCCCc1occc1C(N)=O. The molecule has 0 aliphatic heterocycles. The van der Waals surface area contributed by atoms with E-state index < -0.39 is 5.91 Å². The highest BCUT2D eigenvalue weighted by molar-refractivity contribution is 5.93. The fourth-order valence-corrected chi connectivity index (χ4v) is 1.29. The average Bonchev–Trinajstić information content (AvgIpc) is 2.53. The van der Waals surface area contributed by atoms with Gasteiger partial charge in [-0.25, -0.2) is 0 Å². The molecule has 0 fully saturated rings. The van der Waals surface area contributed by atoms with E-state index in [1.165, 1.54) is 6.26 Å². The molecular weight excluding hydrogens is 166 g/mol. The molecule has 0 bridgehead atoms. The summed E-state index contributed by atoms with van der Waals surface area (Å²) in [6.07, 6.45) is 5.68. The molecule has 0 radical (unpaired) electrons. The van der Waals surface area contributed by atoms with Crippen molar-refractivity contribution < 1.29 is 9.21 Å². The first-order valence-electron chi connectivity index (χ1n) is 4.62. The number of nitrogens with two attached hydrogens (primary N) is 1. The topological polar surface area (TPSA) is 56.2 Å². The van der Waals surface area contributed by atoms with E-state index in [4.69, 9.17) is 10.2 Å². The van der Waals surface area contributed by atoms with Crippen LogP contribution in [0.1, 0.15) is 42.3 Å². The standard InChI is InChI=1S/C10H15NO2/c1-2-3-4-5-9-8(10(11)12)6-7-13-9/h6-7H,2-5H2,1H3,(H2,11,12). The van der Waals surface area contributed by atoms with Crippen LogP contribution in [0.4, 0.5) is 0 Å². The smallest absolute Gasteiger partial charge is 0.252 e. The van der Waals surface area contributed by atoms with Crippen molar-refractivity contribution in [3.05, 3.63) is 23.7 Å². The van der Waals surface area contributed by atoms with Gasteiger partial charge >= 0.3 is 0 Å². The number of rotatable bonds is 5. The van der Waals surface area contributed by atoms with E-state index in [1.54, 1.807) is 6.07 Å². The molecule has 3 nitrogen and oxygen atoms in total. The van der Waals surface area contributed by atoms with Crippen molar-refractivity contribution in [3.8, 4) is 0 Å². The third-order valence-electron chi connectivity index (χ3n) is 2.02. The third kappa shape index (κ3) is 2.61. The van der Waals surface area contributed by atoms with Crippen molar-refractivity contribution in [1.82, 2.24) is 0 Å². The van der Waals surface area contributed by atoms with Crippen LogP contribution < -0.4 is 5.73 Å². The molecule has 13 heavy (non-hydrogen) atoms. The highest BCUT2D eigenvalue weighted by atomic mass is 16.3. The van der Waals surface area contributed by atoms with Gasteiger partial charge in [0.1, 0.15) is 5.76 Å². The molecule has 1 heterocycles. The molecule has 0 atom stereocenters. The molecule has 72 valence electrons. The first-order chi connectivity index (χ1) is 6.25. The van der Waals surface area contributed by atoms with Gasteiger partial charge in [-0.1, -0.05) is 19.8 Å². The molecular formula is C10H15NO2. The van der Waals surface area contributed by atoms with Crippen molar-refractivity contribution in [2.75, 3.05) is 0 Å². The lowest BCUT2D eigenvalue weighted by atomic mass is 10.1. The summed E-state index contributed by atoms with van der Waals surface area (Å²) in [6, 6.07) is 1.63. The first-order valence-corrected chi connectivity index (χ1v) is 4.62. The van der Waals surface area contributed by atoms with E-state index in [0.29, 0.717) is 5.56 Å². The molecule has 2 N–H and O–H groups in total. The van der Waals surface area contributed by atoms with Gasteiger partial charge in [-0.3, -0.25) is 4.79 Å². The normalized spacial score (nSPS) is 10.2. The zero-order chi connectivity index (χ0) is 9.68. The summed E-state index contributed by atoms with van der Waals surface area (Å²) < 4.78 is 5.17. The molecule has 1 rings (SSSR count). The lowest BCUT2D eigenvalue weighted by molar-refractivity contribution is 0.0998. The molecule has 0 unspecified atom stereocenters. The lowest BCUT2D eigenvalue weighted by Gasteiger charge is -1.97. The molecule has 1 amide bonds. The Kier molecular flexibility index (Phi) is 3.55. The summed E-state index contributed by atoms with van der Waals surface area (Å²) in [5, 5.41) is 0. The Hall–Kier alpha value is -1.25. The molecule has 1 aromatic rings. The Labute approximate surface area is 77.9 Å². The average molecular weight is 181 g/mol. The van der Waals surface area contributed by atoms with Crippen LogP contribution >= 0.6 is 0 Å². The summed E-state index contributed by atoms with van der Waals surface area (Å²) in [6.45, 7) is 2.14. The maximum absolute atomic E-state index is 10.9. The number of unbranched alkanes of at least 4 members (excludes halogenated alkanes) is 2. The zero-order valence-corrected chi connectivity index (χ0v) is 7.88. The Morgan fingerprint density at radius 2 is 2.31 bits per heavy atom. The van der Waals surface area contributed by atoms with Gasteiger partial charge in [-0.15, -0.1) is 0 Å². The summed E-state index contributed by atoms with van der Waals surface area (Å²) in [7, 11) is 0. The van der Waals surface area contributed by atoms with Gasteiger partial charge in [0.2, 0.25) is 0 Å². The molecule has 0 aliphatic carbocycles. The van der Waals surface area contributed by atoms with E-state index >= 15 is 0 Å². The zero-order valence-electron chi connectivity index (χ0n) is 7.88. The van der Waals surface area contributed by atoms with Crippen LogP contribution in [0, 0.1) is 0 Å². The monoisotopic (exact) mass is 181 g/mol. The molecule has 3 heteroatoms. The van der Waals surface area contributed by atoms with Gasteiger partial charge in [0, 0.05) is 6.42 Å². The number of amides is 1. The van der Waals surface area contributed by atoms with Gasteiger partial charge in [-0.05, 0) is 12.5 Å². The van der Waals surface area contributed by atoms with Crippen LogP contribution in [-0.2, 0) is 6.42 Å². The first kappa shape index (κ1) is 9.84. The van der Waals surface area contributed by atoms with E-state index in [9.17, 15) is 4.79 Å². The van der Waals surface area contributed by atoms with Crippen LogP contribution in [0.2, 0.25) is 0 Å². The lowest BCUT2D eigenvalue weighted by Crippen LogP contribution is -2.11. The van der Waals surface area contributed by atoms with Gasteiger partial charge in [0.05, 0.1) is 11.8 Å².